The second-order valence-corrected chi connectivity index (χ2v) is 9.00. The molecule has 1 aliphatic heterocycles. The molecule has 0 fully saturated rings. The number of benzene rings is 2. The monoisotopic (exact) mass is 426 g/mol. The van der Waals surface area contributed by atoms with Gasteiger partial charge in [-0.05, 0) is 43.3 Å². The van der Waals surface area contributed by atoms with Gasteiger partial charge in [-0.1, -0.05) is 11.6 Å². The molecule has 1 aliphatic rings. The van der Waals surface area contributed by atoms with Crippen LogP contribution in [0.3, 0.4) is 0 Å². The number of ether oxygens (including phenoxy) is 1. The smallest absolute Gasteiger partial charge is 0.262 e. The molecule has 0 unspecified atom stereocenters. The van der Waals surface area contributed by atoms with Crippen molar-refractivity contribution in [2.24, 2.45) is 0 Å². The van der Waals surface area contributed by atoms with Gasteiger partial charge in [-0.2, -0.15) is 0 Å². The molecule has 0 aromatic heterocycles. The van der Waals surface area contributed by atoms with Crippen LogP contribution in [0.25, 0.3) is 0 Å². The summed E-state index contributed by atoms with van der Waals surface area (Å²) >= 11 is 5.86. The molecule has 2 N–H and O–H groups in total. The third-order valence-electron chi connectivity index (χ3n) is 4.12. The lowest BCUT2D eigenvalue weighted by molar-refractivity contribution is -0.118. The van der Waals surface area contributed by atoms with E-state index in [1.807, 2.05) is 0 Å². The fraction of sp³-hybridized carbons (Fsp3) is 0.222. The molecule has 0 saturated carbocycles. The van der Waals surface area contributed by atoms with Crippen molar-refractivity contribution in [2.75, 3.05) is 17.2 Å². The fourth-order valence-corrected chi connectivity index (χ4v) is 4.22. The van der Waals surface area contributed by atoms with Crippen LogP contribution in [0.5, 0.6) is 5.75 Å². The van der Waals surface area contributed by atoms with Gasteiger partial charge < -0.3 is 15.4 Å². The SMILES string of the molecule is C[C@H](CC(=O)Nc1ccc(F)cc1Cl)S(=O)(=O)c1ccc2c(c1)NC(=O)CO2. The van der Waals surface area contributed by atoms with E-state index in [9.17, 15) is 22.4 Å². The average molecular weight is 427 g/mol. The van der Waals surface area contributed by atoms with Crippen LogP contribution in [0.2, 0.25) is 5.02 Å². The maximum absolute atomic E-state index is 13.1. The number of rotatable bonds is 5. The van der Waals surface area contributed by atoms with Gasteiger partial charge in [0.2, 0.25) is 5.91 Å². The van der Waals surface area contributed by atoms with E-state index in [0.717, 1.165) is 12.1 Å². The maximum Gasteiger partial charge on any atom is 0.262 e. The highest BCUT2D eigenvalue weighted by Crippen LogP contribution is 2.32. The van der Waals surface area contributed by atoms with E-state index in [1.54, 1.807) is 0 Å². The van der Waals surface area contributed by atoms with Crippen LogP contribution < -0.4 is 15.4 Å². The minimum Gasteiger partial charge on any atom is -0.482 e. The van der Waals surface area contributed by atoms with Crippen LogP contribution in [0.4, 0.5) is 15.8 Å². The highest BCUT2D eigenvalue weighted by atomic mass is 35.5. The summed E-state index contributed by atoms with van der Waals surface area (Å²) in [4.78, 5) is 23.6. The van der Waals surface area contributed by atoms with E-state index in [2.05, 4.69) is 10.6 Å². The van der Waals surface area contributed by atoms with Crippen molar-refractivity contribution < 1.29 is 27.1 Å². The largest absolute Gasteiger partial charge is 0.482 e. The molecular weight excluding hydrogens is 411 g/mol. The molecule has 2 aromatic carbocycles. The van der Waals surface area contributed by atoms with E-state index in [0.29, 0.717) is 5.75 Å². The van der Waals surface area contributed by atoms with Gasteiger partial charge in [0.05, 0.1) is 26.5 Å². The standard InChI is InChI=1S/C18H16ClFN2O5S/c1-10(6-17(23)21-14-4-2-11(20)7-13(14)19)28(25,26)12-3-5-16-15(8-12)22-18(24)9-27-16/h2-5,7-8,10H,6,9H2,1H3,(H,21,23)(H,22,24)/t10-/m1/s1. The lowest BCUT2D eigenvalue weighted by Crippen LogP contribution is -2.27. The van der Waals surface area contributed by atoms with E-state index in [-0.39, 0.29) is 40.2 Å². The number of carbonyl (C=O) groups excluding carboxylic acids is 2. The molecule has 1 atom stereocenters. The molecular formula is C18H16ClFN2O5S. The molecule has 148 valence electrons. The molecule has 10 heteroatoms. The number of amides is 2. The quantitative estimate of drug-likeness (QED) is 0.765. The van der Waals surface area contributed by atoms with Crippen molar-refractivity contribution in [2.45, 2.75) is 23.5 Å². The van der Waals surface area contributed by atoms with E-state index in [1.165, 1.54) is 31.2 Å². The first-order chi connectivity index (χ1) is 13.2. The molecule has 0 spiro atoms. The minimum atomic E-state index is -3.85. The molecule has 0 aliphatic carbocycles. The summed E-state index contributed by atoms with van der Waals surface area (Å²) in [5.74, 6) is -1.15. The van der Waals surface area contributed by atoms with Crippen LogP contribution in [-0.4, -0.2) is 32.1 Å². The Balaban J connectivity index is 1.74. The summed E-state index contributed by atoms with van der Waals surface area (Å²) in [5.41, 5.74) is 0.443. The van der Waals surface area contributed by atoms with Crippen LogP contribution in [0.1, 0.15) is 13.3 Å². The molecule has 2 amide bonds. The van der Waals surface area contributed by atoms with Gasteiger partial charge in [-0.3, -0.25) is 9.59 Å². The number of hydrogen-bond donors (Lipinski definition) is 2. The van der Waals surface area contributed by atoms with Crippen molar-refractivity contribution in [3.8, 4) is 5.75 Å². The molecule has 1 heterocycles. The fourth-order valence-electron chi connectivity index (χ4n) is 2.63. The summed E-state index contributed by atoms with van der Waals surface area (Å²) < 4.78 is 43.9. The maximum atomic E-state index is 13.1. The Bertz CT molecular complexity index is 1060. The number of fused-ring (bicyclic) bond motifs is 1. The predicted molar refractivity (Wildman–Crippen MR) is 102 cm³/mol. The Morgan fingerprint density at radius 1 is 1.32 bits per heavy atom. The van der Waals surface area contributed by atoms with Crippen molar-refractivity contribution >= 4 is 44.6 Å². The lowest BCUT2D eigenvalue weighted by atomic mass is 10.2. The first-order valence-corrected chi connectivity index (χ1v) is 10.1. The normalized spacial score (nSPS) is 14.5. The molecule has 0 radical (unpaired) electrons. The predicted octanol–water partition coefficient (Wildman–Crippen LogP) is 3.00. The van der Waals surface area contributed by atoms with Crippen LogP contribution in [0.15, 0.2) is 41.3 Å². The van der Waals surface area contributed by atoms with E-state index in [4.69, 9.17) is 16.3 Å². The summed E-state index contributed by atoms with van der Waals surface area (Å²) in [6, 6.07) is 7.57. The van der Waals surface area contributed by atoms with Gasteiger partial charge >= 0.3 is 0 Å². The molecule has 28 heavy (non-hydrogen) atoms. The number of sulfone groups is 1. The van der Waals surface area contributed by atoms with Crippen LogP contribution in [0, 0.1) is 5.82 Å². The Kier molecular flexibility index (Phi) is 5.57. The molecule has 2 aromatic rings. The zero-order valence-corrected chi connectivity index (χ0v) is 16.2. The molecule has 0 saturated heterocycles. The van der Waals surface area contributed by atoms with Gasteiger partial charge in [0.1, 0.15) is 11.6 Å². The van der Waals surface area contributed by atoms with E-state index >= 15 is 0 Å². The first kappa shape index (κ1) is 20.1. The zero-order valence-electron chi connectivity index (χ0n) is 14.7. The van der Waals surface area contributed by atoms with Gasteiger partial charge in [-0.15, -0.1) is 0 Å². The summed E-state index contributed by atoms with van der Waals surface area (Å²) in [6.45, 7) is 1.26. The van der Waals surface area contributed by atoms with Crippen molar-refractivity contribution in [1.29, 1.82) is 0 Å². The summed E-state index contributed by atoms with van der Waals surface area (Å²) in [7, 11) is -3.85. The first-order valence-electron chi connectivity index (χ1n) is 8.22. The second-order valence-electron chi connectivity index (χ2n) is 6.23. The topological polar surface area (TPSA) is 102 Å². The van der Waals surface area contributed by atoms with Gasteiger partial charge in [0, 0.05) is 6.42 Å². The van der Waals surface area contributed by atoms with E-state index < -0.39 is 26.8 Å². The Labute approximate surface area is 165 Å². The number of carbonyl (C=O) groups is 2. The van der Waals surface area contributed by atoms with Crippen molar-refractivity contribution in [3.05, 3.63) is 47.2 Å². The third kappa shape index (κ3) is 4.26. The average Bonchev–Trinajstić information content (AvgIpc) is 2.63. The highest BCUT2D eigenvalue weighted by Gasteiger charge is 2.28. The van der Waals surface area contributed by atoms with Crippen molar-refractivity contribution in [3.63, 3.8) is 0 Å². The number of anilines is 2. The van der Waals surface area contributed by atoms with Gasteiger partial charge in [0.25, 0.3) is 5.91 Å². The lowest BCUT2D eigenvalue weighted by Gasteiger charge is -2.19. The minimum absolute atomic E-state index is 0.00860. The highest BCUT2D eigenvalue weighted by molar-refractivity contribution is 7.92. The Hall–Kier alpha value is -2.65. The number of hydrogen-bond acceptors (Lipinski definition) is 5. The second kappa shape index (κ2) is 7.76. The summed E-state index contributed by atoms with van der Waals surface area (Å²) in [5, 5.41) is 3.97. The Morgan fingerprint density at radius 2 is 2.07 bits per heavy atom. The van der Waals surface area contributed by atoms with Crippen LogP contribution >= 0.6 is 11.6 Å². The van der Waals surface area contributed by atoms with Crippen molar-refractivity contribution in [1.82, 2.24) is 0 Å². The number of nitrogens with one attached hydrogen (secondary N) is 2. The zero-order chi connectivity index (χ0) is 20.5. The van der Waals surface area contributed by atoms with Gasteiger partial charge in [0.15, 0.2) is 16.4 Å². The van der Waals surface area contributed by atoms with Crippen LogP contribution in [-0.2, 0) is 19.4 Å². The molecule has 0 bridgehead atoms. The molecule has 3 rings (SSSR count). The third-order valence-corrected chi connectivity index (χ3v) is 6.57. The summed E-state index contributed by atoms with van der Waals surface area (Å²) in [6.07, 6.45) is -0.337. The van der Waals surface area contributed by atoms with Gasteiger partial charge in [-0.25, -0.2) is 12.8 Å². The molecule has 7 nitrogen and oxygen atoms in total. The Morgan fingerprint density at radius 3 is 2.79 bits per heavy atom. The number of halogens is 2.